The monoisotopic (exact) mass is 245 g/mol. The predicted octanol–water partition coefficient (Wildman–Crippen LogP) is 2.15. The van der Waals surface area contributed by atoms with Crippen molar-refractivity contribution >= 4 is 5.91 Å². The summed E-state index contributed by atoms with van der Waals surface area (Å²) in [4.78, 5) is 11.7. The number of carbonyl (C=O) groups excluding carboxylic acids is 1. The van der Waals surface area contributed by atoms with Crippen LogP contribution in [0.15, 0.2) is 47.1 Å². The molecule has 0 radical (unpaired) electrons. The highest BCUT2D eigenvalue weighted by atomic mass is 16.5. The van der Waals surface area contributed by atoms with Crippen LogP contribution >= 0.6 is 0 Å². The fraction of sp³-hybridized carbons (Fsp3) is 0.214. The molecular weight excluding hydrogens is 230 g/mol. The van der Waals surface area contributed by atoms with Gasteiger partial charge in [-0.1, -0.05) is 18.2 Å². The van der Waals surface area contributed by atoms with Crippen LogP contribution in [-0.2, 0) is 17.8 Å². The Kier molecular flexibility index (Phi) is 4.02. The van der Waals surface area contributed by atoms with E-state index in [4.69, 9.17) is 9.15 Å². The third kappa shape index (κ3) is 3.13. The SMILES string of the molecule is COc1ccccc1CNC(=O)Cc1ccco1. The number of benzene rings is 1. The molecule has 0 saturated carbocycles. The van der Waals surface area contributed by atoms with Crippen LogP contribution < -0.4 is 10.1 Å². The topological polar surface area (TPSA) is 51.5 Å². The zero-order valence-corrected chi connectivity index (χ0v) is 10.2. The van der Waals surface area contributed by atoms with Gasteiger partial charge in [0.1, 0.15) is 11.5 Å². The molecule has 0 aliphatic carbocycles. The van der Waals surface area contributed by atoms with E-state index in [0.29, 0.717) is 12.3 Å². The average molecular weight is 245 g/mol. The van der Waals surface area contributed by atoms with Gasteiger partial charge >= 0.3 is 0 Å². The van der Waals surface area contributed by atoms with Gasteiger partial charge in [0, 0.05) is 12.1 Å². The highest BCUT2D eigenvalue weighted by Crippen LogP contribution is 2.16. The number of methoxy groups -OCH3 is 1. The van der Waals surface area contributed by atoms with Crippen LogP contribution in [0.3, 0.4) is 0 Å². The number of furan rings is 1. The van der Waals surface area contributed by atoms with E-state index in [9.17, 15) is 4.79 Å². The van der Waals surface area contributed by atoms with Crippen molar-refractivity contribution in [3.8, 4) is 5.75 Å². The van der Waals surface area contributed by atoms with E-state index in [1.54, 1.807) is 25.5 Å². The molecule has 2 rings (SSSR count). The first kappa shape index (κ1) is 12.2. The van der Waals surface area contributed by atoms with Gasteiger partial charge in [0.2, 0.25) is 5.91 Å². The van der Waals surface area contributed by atoms with Gasteiger partial charge in [0.05, 0.1) is 19.8 Å². The van der Waals surface area contributed by atoms with Crippen molar-refractivity contribution in [2.75, 3.05) is 7.11 Å². The van der Waals surface area contributed by atoms with Gasteiger partial charge in [-0.05, 0) is 18.2 Å². The molecule has 0 saturated heterocycles. The molecule has 1 aromatic carbocycles. The Morgan fingerprint density at radius 2 is 2.11 bits per heavy atom. The standard InChI is InChI=1S/C14H15NO3/c1-17-13-7-3-2-5-11(13)10-15-14(16)9-12-6-4-8-18-12/h2-8H,9-10H2,1H3,(H,15,16). The van der Waals surface area contributed by atoms with Crippen LogP contribution in [0.4, 0.5) is 0 Å². The maximum Gasteiger partial charge on any atom is 0.227 e. The molecule has 0 aliphatic heterocycles. The lowest BCUT2D eigenvalue weighted by atomic mass is 10.2. The minimum absolute atomic E-state index is 0.0733. The summed E-state index contributed by atoms with van der Waals surface area (Å²) < 4.78 is 10.3. The molecule has 0 bridgehead atoms. The smallest absolute Gasteiger partial charge is 0.227 e. The van der Waals surface area contributed by atoms with E-state index in [1.807, 2.05) is 24.3 Å². The van der Waals surface area contributed by atoms with Crippen molar-refractivity contribution in [2.24, 2.45) is 0 Å². The highest BCUT2D eigenvalue weighted by molar-refractivity contribution is 5.77. The van der Waals surface area contributed by atoms with Crippen LogP contribution in [0.2, 0.25) is 0 Å². The number of hydrogen-bond acceptors (Lipinski definition) is 3. The van der Waals surface area contributed by atoms with E-state index in [1.165, 1.54) is 0 Å². The molecule has 4 nitrogen and oxygen atoms in total. The van der Waals surface area contributed by atoms with E-state index in [0.717, 1.165) is 11.3 Å². The Balaban J connectivity index is 1.89. The van der Waals surface area contributed by atoms with Crippen molar-refractivity contribution < 1.29 is 13.9 Å². The summed E-state index contributed by atoms with van der Waals surface area (Å²) in [5.74, 6) is 1.36. The molecule has 2 aromatic rings. The number of rotatable bonds is 5. The fourth-order valence-corrected chi connectivity index (χ4v) is 1.68. The Bertz CT molecular complexity index is 506. The molecule has 1 heterocycles. The number of hydrogen-bond donors (Lipinski definition) is 1. The van der Waals surface area contributed by atoms with Crippen LogP contribution in [0.25, 0.3) is 0 Å². The molecule has 18 heavy (non-hydrogen) atoms. The lowest BCUT2D eigenvalue weighted by Gasteiger charge is -2.08. The molecule has 0 aliphatic rings. The lowest BCUT2D eigenvalue weighted by Crippen LogP contribution is -2.24. The molecule has 1 amide bonds. The average Bonchev–Trinajstić information content (AvgIpc) is 2.89. The van der Waals surface area contributed by atoms with Gasteiger partial charge in [0.25, 0.3) is 0 Å². The number of ether oxygens (including phenoxy) is 1. The zero-order chi connectivity index (χ0) is 12.8. The quantitative estimate of drug-likeness (QED) is 0.878. The molecule has 1 N–H and O–H groups in total. The van der Waals surface area contributed by atoms with Gasteiger partial charge in [-0.2, -0.15) is 0 Å². The molecule has 1 aromatic heterocycles. The molecule has 0 atom stereocenters. The largest absolute Gasteiger partial charge is 0.496 e. The summed E-state index contributed by atoms with van der Waals surface area (Å²) >= 11 is 0. The van der Waals surface area contributed by atoms with Crippen molar-refractivity contribution in [3.63, 3.8) is 0 Å². The van der Waals surface area contributed by atoms with Gasteiger partial charge in [-0.3, -0.25) is 4.79 Å². The number of para-hydroxylation sites is 1. The second-order valence-corrected chi connectivity index (χ2v) is 3.84. The second-order valence-electron chi connectivity index (χ2n) is 3.84. The first-order chi connectivity index (χ1) is 8.79. The normalized spacial score (nSPS) is 10.1. The molecular formula is C14H15NO3. The number of amides is 1. The van der Waals surface area contributed by atoms with Crippen LogP contribution in [0, 0.1) is 0 Å². The summed E-state index contributed by atoms with van der Waals surface area (Å²) in [6, 6.07) is 11.1. The maximum atomic E-state index is 11.7. The Hall–Kier alpha value is -2.23. The summed E-state index contributed by atoms with van der Waals surface area (Å²) in [6.07, 6.45) is 1.81. The number of carbonyl (C=O) groups is 1. The van der Waals surface area contributed by atoms with Gasteiger partial charge in [-0.15, -0.1) is 0 Å². The summed E-state index contributed by atoms with van der Waals surface area (Å²) in [7, 11) is 1.61. The molecule has 94 valence electrons. The van der Waals surface area contributed by atoms with Crippen molar-refractivity contribution in [1.29, 1.82) is 0 Å². The molecule has 0 fully saturated rings. The van der Waals surface area contributed by atoms with Crippen molar-refractivity contribution in [3.05, 3.63) is 54.0 Å². The van der Waals surface area contributed by atoms with Crippen LogP contribution in [0.5, 0.6) is 5.75 Å². The Morgan fingerprint density at radius 1 is 1.28 bits per heavy atom. The lowest BCUT2D eigenvalue weighted by molar-refractivity contribution is -0.120. The molecule has 0 spiro atoms. The van der Waals surface area contributed by atoms with E-state index in [-0.39, 0.29) is 12.3 Å². The summed E-state index contributed by atoms with van der Waals surface area (Å²) in [5.41, 5.74) is 0.952. The zero-order valence-electron chi connectivity index (χ0n) is 10.2. The van der Waals surface area contributed by atoms with Gasteiger partial charge in [0.15, 0.2) is 0 Å². The fourth-order valence-electron chi connectivity index (χ4n) is 1.68. The first-order valence-corrected chi connectivity index (χ1v) is 5.70. The van der Waals surface area contributed by atoms with Gasteiger partial charge in [-0.25, -0.2) is 0 Å². The Labute approximate surface area is 106 Å². The van der Waals surface area contributed by atoms with Crippen molar-refractivity contribution in [2.45, 2.75) is 13.0 Å². The third-order valence-electron chi connectivity index (χ3n) is 2.58. The first-order valence-electron chi connectivity index (χ1n) is 5.70. The molecule has 0 unspecified atom stereocenters. The van der Waals surface area contributed by atoms with Gasteiger partial charge < -0.3 is 14.5 Å². The summed E-state index contributed by atoms with van der Waals surface area (Å²) in [6.45, 7) is 0.448. The van der Waals surface area contributed by atoms with Crippen LogP contribution in [-0.4, -0.2) is 13.0 Å². The second kappa shape index (κ2) is 5.91. The van der Waals surface area contributed by atoms with Crippen LogP contribution in [0.1, 0.15) is 11.3 Å². The third-order valence-corrected chi connectivity index (χ3v) is 2.58. The highest BCUT2D eigenvalue weighted by Gasteiger charge is 2.07. The molecule has 4 heteroatoms. The minimum Gasteiger partial charge on any atom is -0.496 e. The number of nitrogens with one attached hydrogen (secondary N) is 1. The minimum atomic E-state index is -0.0733. The summed E-state index contributed by atoms with van der Waals surface area (Å²) in [5, 5.41) is 2.83. The van der Waals surface area contributed by atoms with E-state index < -0.39 is 0 Å². The predicted molar refractivity (Wildman–Crippen MR) is 67.3 cm³/mol. The van der Waals surface area contributed by atoms with Crippen molar-refractivity contribution in [1.82, 2.24) is 5.32 Å². The van der Waals surface area contributed by atoms with E-state index >= 15 is 0 Å². The maximum absolute atomic E-state index is 11.7. The van der Waals surface area contributed by atoms with E-state index in [2.05, 4.69) is 5.32 Å². The Morgan fingerprint density at radius 3 is 2.83 bits per heavy atom.